The molecule has 2 aromatic rings. The number of aliphatic hydroxyl groups is 1. The quantitative estimate of drug-likeness (QED) is 0.0541. The summed E-state index contributed by atoms with van der Waals surface area (Å²) >= 11 is 0. The van der Waals surface area contributed by atoms with E-state index in [2.05, 4.69) is 69.1 Å². The van der Waals surface area contributed by atoms with E-state index in [0.29, 0.717) is 17.2 Å². The summed E-state index contributed by atoms with van der Waals surface area (Å²) < 4.78 is 0. The first-order valence-corrected chi connectivity index (χ1v) is 25.3. The zero-order chi connectivity index (χ0) is 35.1. The Bertz CT molecular complexity index is 1290. The summed E-state index contributed by atoms with van der Waals surface area (Å²) in [6.07, 6.45) is 29.9. The molecule has 2 rings (SSSR count). The summed E-state index contributed by atoms with van der Waals surface area (Å²) in [6, 6.07) is 2.46. The minimum absolute atomic E-state index is 0.147. The van der Waals surface area contributed by atoms with Gasteiger partial charge in [0.2, 0.25) is 11.6 Å². The molecule has 0 saturated heterocycles. The van der Waals surface area contributed by atoms with Gasteiger partial charge in [0.25, 0.3) is 0 Å². The van der Waals surface area contributed by atoms with Crippen molar-refractivity contribution in [3.05, 3.63) is 47.6 Å². The molecule has 1 N–H and O–H groups in total. The van der Waals surface area contributed by atoms with E-state index in [4.69, 9.17) is 0 Å². The van der Waals surface area contributed by atoms with Gasteiger partial charge in [0.05, 0.1) is 11.7 Å². The van der Waals surface area contributed by atoms with Crippen LogP contribution in [-0.2, 0) is 0 Å². The lowest BCUT2D eigenvalue weighted by Crippen LogP contribution is -2.22. The highest BCUT2D eigenvalue weighted by Crippen LogP contribution is 2.20. The van der Waals surface area contributed by atoms with E-state index in [1.54, 1.807) is 12.4 Å². The van der Waals surface area contributed by atoms with Gasteiger partial charge < -0.3 is 5.11 Å². The Labute approximate surface area is 295 Å². The third kappa shape index (κ3) is 19.4. The summed E-state index contributed by atoms with van der Waals surface area (Å²) in [5.74, 6) is 7.55. The van der Waals surface area contributed by atoms with Gasteiger partial charge in [0, 0.05) is 30.4 Å². The fraction of sp³-hybridized carbons (Fsp3) is 0.675. The maximum absolute atomic E-state index is 10.7. The fourth-order valence-electron chi connectivity index (χ4n) is 5.76. The SMILES string of the molecule is CC(C)[C@H](O)c1cnc(C#C[Si](C)(C)CCCCCCCCCCCCCCCCCCC[Si](C)(C)C#Cc2ncc(C=O)cn2)nc1. The molecular weight excluding hydrogens is 625 g/mol. The molecule has 0 aliphatic carbocycles. The molecule has 0 bridgehead atoms. The average molecular weight is 689 g/mol. The van der Waals surface area contributed by atoms with Gasteiger partial charge in [-0.3, -0.25) is 4.79 Å². The van der Waals surface area contributed by atoms with E-state index in [0.717, 1.165) is 11.8 Å². The van der Waals surface area contributed by atoms with Gasteiger partial charge >= 0.3 is 0 Å². The van der Waals surface area contributed by atoms with Crippen LogP contribution < -0.4 is 0 Å². The zero-order valence-electron chi connectivity index (χ0n) is 31.1. The van der Waals surface area contributed by atoms with Gasteiger partial charge in [0.15, 0.2) is 6.29 Å². The molecule has 1 atom stereocenters. The number of hydrogen-bond acceptors (Lipinski definition) is 6. The maximum atomic E-state index is 10.7. The molecule has 0 saturated carbocycles. The molecule has 0 aromatic carbocycles. The molecule has 264 valence electrons. The van der Waals surface area contributed by atoms with Crippen LogP contribution in [0, 0.1) is 28.8 Å². The third-order valence-electron chi connectivity index (χ3n) is 9.08. The van der Waals surface area contributed by atoms with E-state index in [9.17, 15) is 9.90 Å². The summed E-state index contributed by atoms with van der Waals surface area (Å²) in [5.41, 5.74) is 8.21. The van der Waals surface area contributed by atoms with Crippen LogP contribution in [0.4, 0.5) is 0 Å². The lowest BCUT2D eigenvalue weighted by atomic mass is 10.0. The van der Waals surface area contributed by atoms with E-state index >= 15 is 0 Å². The number of hydrogen-bond donors (Lipinski definition) is 1. The van der Waals surface area contributed by atoms with E-state index in [1.165, 1.54) is 134 Å². The Balaban J connectivity index is 1.37. The van der Waals surface area contributed by atoms with Crippen molar-refractivity contribution in [2.24, 2.45) is 5.92 Å². The molecule has 0 radical (unpaired) electrons. The number of carbonyl (C=O) groups excluding carboxylic acids is 1. The molecule has 2 heterocycles. The van der Waals surface area contributed by atoms with Crippen molar-refractivity contribution in [2.75, 3.05) is 0 Å². The summed E-state index contributed by atoms with van der Waals surface area (Å²) in [4.78, 5) is 27.8. The van der Waals surface area contributed by atoms with Crippen molar-refractivity contribution in [3.63, 3.8) is 0 Å². The molecular formula is C40H64N4O2Si2. The lowest BCUT2D eigenvalue weighted by Gasteiger charge is -2.14. The van der Waals surface area contributed by atoms with Crippen molar-refractivity contribution >= 4 is 22.4 Å². The average Bonchev–Trinajstić information content (AvgIpc) is 3.07. The molecule has 0 amide bonds. The third-order valence-corrected chi connectivity index (χ3v) is 13.9. The van der Waals surface area contributed by atoms with Crippen LogP contribution in [0.15, 0.2) is 24.8 Å². The molecule has 2 aromatic heterocycles. The number of nitrogens with zero attached hydrogens (tertiary/aromatic N) is 4. The largest absolute Gasteiger partial charge is 0.388 e. The van der Waals surface area contributed by atoms with Crippen LogP contribution in [0.1, 0.15) is 157 Å². The molecule has 0 unspecified atom stereocenters. The second kappa shape index (κ2) is 23.7. The number of unbranched alkanes of at least 4 members (excludes halogenated alkanes) is 16. The van der Waals surface area contributed by atoms with Crippen LogP contribution in [-0.4, -0.2) is 47.5 Å². The van der Waals surface area contributed by atoms with Crippen LogP contribution >= 0.6 is 0 Å². The number of aldehydes is 1. The predicted molar refractivity (Wildman–Crippen MR) is 206 cm³/mol. The highest BCUT2D eigenvalue weighted by atomic mass is 28.3. The lowest BCUT2D eigenvalue weighted by molar-refractivity contribution is 0.112. The molecule has 0 fully saturated rings. The van der Waals surface area contributed by atoms with Crippen LogP contribution in [0.5, 0.6) is 0 Å². The van der Waals surface area contributed by atoms with E-state index in [-0.39, 0.29) is 5.92 Å². The summed E-state index contributed by atoms with van der Waals surface area (Å²) in [6.45, 7) is 13.3. The van der Waals surface area contributed by atoms with Crippen molar-refractivity contribution < 1.29 is 9.90 Å². The standard InChI is InChI=1S/C40H64N4O2Si2/c1-35(2)40(46)37-32-43-39(44-33-37)25-29-48(5,6)27-23-21-19-17-15-13-11-9-7-8-10-12-14-16-18-20-22-26-47(3,4)28-24-38-41-30-36(34-45)31-42-38/h30-35,40,46H,7-23,26-27H2,1-6H3/t40-/m0/s1. The van der Waals surface area contributed by atoms with Crippen molar-refractivity contribution in [3.8, 4) is 22.9 Å². The first kappa shape index (κ1) is 41.5. The second-order valence-electron chi connectivity index (χ2n) is 15.3. The Morgan fingerprint density at radius 3 is 1.21 bits per heavy atom. The number of aromatic nitrogens is 4. The normalized spacial score (nSPS) is 12.2. The van der Waals surface area contributed by atoms with Gasteiger partial charge in [-0.2, -0.15) is 0 Å². The minimum Gasteiger partial charge on any atom is -0.388 e. The molecule has 8 heteroatoms. The number of carbonyl (C=O) groups is 1. The summed E-state index contributed by atoms with van der Waals surface area (Å²) in [5, 5.41) is 10.2. The van der Waals surface area contributed by atoms with Gasteiger partial charge in [-0.25, -0.2) is 19.9 Å². The van der Waals surface area contributed by atoms with Crippen molar-refractivity contribution in [1.82, 2.24) is 19.9 Å². The zero-order valence-corrected chi connectivity index (χ0v) is 33.1. The first-order chi connectivity index (χ1) is 23.0. The Hall–Kier alpha value is -2.66. The van der Waals surface area contributed by atoms with Crippen molar-refractivity contribution in [2.45, 2.75) is 167 Å². The van der Waals surface area contributed by atoms with Gasteiger partial charge in [-0.05, 0) is 29.8 Å². The number of aliphatic hydroxyl groups excluding tert-OH is 1. The minimum atomic E-state index is -1.57. The molecule has 48 heavy (non-hydrogen) atoms. The molecule has 0 aliphatic rings. The highest BCUT2D eigenvalue weighted by Gasteiger charge is 2.18. The molecule has 0 spiro atoms. The van der Waals surface area contributed by atoms with E-state index in [1.807, 2.05) is 13.8 Å². The van der Waals surface area contributed by atoms with Crippen molar-refractivity contribution in [1.29, 1.82) is 0 Å². The second-order valence-corrected chi connectivity index (χ2v) is 24.3. The smallest absolute Gasteiger partial charge is 0.204 e. The first-order valence-electron chi connectivity index (χ1n) is 18.8. The van der Waals surface area contributed by atoms with Crippen LogP contribution in [0.3, 0.4) is 0 Å². The number of rotatable bonds is 23. The molecule has 0 aliphatic heterocycles. The Morgan fingerprint density at radius 1 is 0.583 bits per heavy atom. The Kier molecular flexibility index (Phi) is 20.5. The maximum Gasteiger partial charge on any atom is 0.204 e. The van der Waals surface area contributed by atoms with Gasteiger partial charge in [0.1, 0.15) is 16.1 Å². The van der Waals surface area contributed by atoms with Crippen LogP contribution in [0.25, 0.3) is 0 Å². The monoisotopic (exact) mass is 688 g/mol. The van der Waals surface area contributed by atoms with Gasteiger partial charge in [-0.1, -0.05) is 149 Å². The van der Waals surface area contributed by atoms with Crippen LogP contribution in [0.2, 0.25) is 38.3 Å². The Morgan fingerprint density at radius 2 is 0.896 bits per heavy atom. The summed E-state index contributed by atoms with van der Waals surface area (Å²) in [7, 11) is -3.14. The van der Waals surface area contributed by atoms with E-state index < -0.39 is 22.3 Å². The fourth-order valence-corrected chi connectivity index (χ4v) is 9.18. The predicted octanol–water partition coefficient (Wildman–Crippen LogP) is 10.3. The topological polar surface area (TPSA) is 88.9 Å². The highest BCUT2D eigenvalue weighted by molar-refractivity contribution is 6.85. The van der Waals surface area contributed by atoms with Gasteiger partial charge in [-0.15, -0.1) is 11.1 Å². The molecule has 6 nitrogen and oxygen atoms in total.